The van der Waals surface area contributed by atoms with Crippen LogP contribution in [0.15, 0.2) is 55.2 Å². The molecule has 4 rings (SSSR count). The van der Waals surface area contributed by atoms with Gasteiger partial charge in [0.05, 0.1) is 11.9 Å². The highest BCUT2D eigenvalue weighted by molar-refractivity contribution is 5.93. The van der Waals surface area contributed by atoms with Crippen LogP contribution in [0.3, 0.4) is 0 Å². The molecule has 0 spiro atoms. The second kappa shape index (κ2) is 13.8. The zero-order valence-electron chi connectivity index (χ0n) is 21.5. The fraction of sp³-hybridized carbons (Fsp3) is 0.333. The van der Waals surface area contributed by atoms with Crippen LogP contribution in [-0.4, -0.2) is 47.7 Å². The molecule has 0 aliphatic heterocycles. The first-order chi connectivity index (χ1) is 19.0. The van der Waals surface area contributed by atoms with E-state index in [-0.39, 0.29) is 18.2 Å². The quantitative estimate of drug-likeness (QED) is 0.0928. The first kappa shape index (κ1) is 27.5. The van der Waals surface area contributed by atoms with Crippen LogP contribution in [0.2, 0.25) is 0 Å². The molecule has 5 N–H and O–H groups in total. The van der Waals surface area contributed by atoms with Crippen molar-refractivity contribution in [3.63, 3.8) is 0 Å². The van der Waals surface area contributed by atoms with E-state index in [4.69, 9.17) is 5.21 Å². The summed E-state index contributed by atoms with van der Waals surface area (Å²) in [5.74, 6) is -0.575. The van der Waals surface area contributed by atoms with Crippen LogP contribution in [-0.2, 0) is 20.9 Å². The lowest BCUT2D eigenvalue weighted by atomic mass is 10.1. The van der Waals surface area contributed by atoms with Gasteiger partial charge in [-0.1, -0.05) is 12.8 Å². The number of carbonyl (C=O) groups is 3. The summed E-state index contributed by atoms with van der Waals surface area (Å²) >= 11 is 0. The highest BCUT2D eigenvalue weighted by Gasteiger charge is 2.10. The van der Waals surface area contributed by atoms with Crippen molar-refractivity contribution >= 4 is 40.1 Å². The standard InChI is InChI=1S/C27H32N8O4/c36-23(6-3-1-2-4-7-25(38)34-39)32-20-9-11-21(12-10-20)33-24(37)8-5-15-35-17-19(16-31-35)26-22-13-14-28-27(22)30-18-29-26/h9-14,16-18,39H,1-8,15H2,(H,32,36)(H,33,37)(H,34,38)(H,28,29,30). The number of aromatic nitrogens is 5. The number of fused-ring (bicyclic) bond motifs is 1. The van der Waals surface area contributed by atoms with Gasteiger partial charge < -0.3 is 15.6 Å². The molecule has 0 radical (unpaired) electrons. The Balaban J connectivity index is 1.13. The SMILES string of the molecule is O=C(CCCCCCC(=O)Nc1ccc(NC(=O)CCCn2cc(-c3ncnc4[nH]ccc34)cn2)cc1)NO. The second-order valence-corrected chi connectivity index (χ2v) is 9.18. The molecule has 204 valence electrons. The van der Waals surface area contributed by atoms with Crippen molar-refractivity contribution in [3.8, 4) is 11.3 Å². The maximum atomic E-state index is 12.4. The maximum Gasteiger partial charge on any atom is 0.243 e. The third-order valence-corrected chi connectivity index (χ3v) is 6.19. The summed E-state index contributed by atoms with van der Waals surface area (Å²) < 4.78 is 1.80. The lowest BCUT2D eigenvalue weighted by molar-refractivity contribution is -0.129. The first-order valence-corrected chi connectivity index (χ1v) is 13.0. The van der Waals surface area contributed by atoms with Gasteiger partial charge in [0, 0.05) is 60.5 Å². The number of anilines is 2. The first-order valence-electron chi connectivity index (χ1n) is 13.0. The predicted octanol–water partition coefficient (Wildman–Crippen LogP) is 4.02. The van der Waals surface area contributed by atoms with Gasteiger partial charge in [-0.05, 0) is 49.6 Å². The van der Waals surface area contributed by atoms with Crippen LogP contribution in [0.25, 0.3) is 22.3 Å². The Labute approximate surface area is 225 Å². The molecule has 3 aromatic heterocycles. The van der Waals surface area contributed by atoms with E-state index >= 15 is 0 Å². The normalized spacial score (nSPS) is 10.9. The van der Waals surface area contributed by atoms with Crippen LogP contribution in [0.5, 0.6) is 0 Å². The number of aryl methyl sites for hydroxylation is 1. The van der Waals surface area contributed by atoms with Crippen molar-refractivity contribution in [2.45, 2.75) is 57.9 Å². The minimum absolute atomic E-state index is 0.0844. The van der Waals surface area contributed by atoms with Crippen LogP contribution in [0, 0.1) is 0 Å². The largest absolute Gasteiger partial charge is 0.346 e. The smallest absolute Gasteiger partial charge is 0.243 e. The third kappa shape index (κ3) is 8.20. The van der Waals surface area contributed by atoms with Gasteiger partial charge in [0.25, 0.3) is 0 Å². The minimum Gasteiger partial charge on any atom is -0.346 e. The molecular weight excluding hydrogens is 500 g/mol. The molecule has 3 heterocycles. The molecule has 0 fully saturated rings. The number of nitrogens with one attached hydrogen (secondary N) is 4. The van der Waals surface area contributed by atoms with E-state index < -0.39 is 5.91 Å². The topological polar surface area (TPSA) is 167 Å². The molecule has 0 unspecified atom stereocenters. The molecule has 3 amide bonds. The lowest BCUT2D eigenvalue weighted by Gasteiger charge is -2.08. The molecule has 0 aliphatic rings. The predicted molar refractivity (Wildman–Crippen MR) is 146 cm³/mol. The van der Waals surface area contributed by atoms with Gasteiger partial charge in [0.1, 0.15) is 12.0 Å². The van der Waals surface area contributed by atoms with E-state index in [0.717, 1.165) is 41.6 Å². The maximum absolute atomic E-state index is 12.4. The van der Waals surface area contributed by atoms with E-state index in [1.165, 1.54) is 6.33 Å². The third-order valence-electron chi connectivity index (χ3n) is 6.19. The summed E-state index contributed by atoms with van der Waals surface area (Å²) in [6.07, 6.45) is 11.7. The van der Waals surface area contributed by atoms with Gasteiger partial charge in [-0.2, -0.15) is 5.10 Å². The van der Waals surface area contributed by atoms with Gasteiger partial charge in [-0.15, -0.1) is 0 Å². The van der Waals surface area contributed by atoms with E-state index in [1.807, 2.05) is 18.5 Å². The molecule has 1 aromatic carbocycles. The molecule has 0 saturated heterocycles. The summed E-state index contributed by atoms with van der Waals surface area (Å²) in [6, 6.07) is 8.94. The van der Waals surface area contributed by atoms with Crippen LogP contribution in [0.1, 0.15) is 51.4 Å². The van der Waals surface area contributed by atoms with Crippen molar-refractivity contribution in [2.24, 2.45) is 0 Å². The van der Waals surface area contributed by atoms with E-state index in [9.17, 15) is 14.4 Å². The second-order valence-electron chi connectivity index (χ2n) is 9.18. The van der Waals surface area contributed by atoms with Crippen LogP contribution >= 0.6 is 0 Å². The Kier molecular flexibility index (Phi) is 9.73. The summed E-state index contributed by atoms with van der Waals surface area (Å²) in [5, 5.41) is 19.5. The van der Waals surface area contributed by atoms with Gasteiger partial charge in [-0.3, -0.25) is 24.3 Å². The number of benzene rings is 1. The van der Waals surface area contributed by atoms with Crippen molar-refractivity contribution in [1.29, 1.82) is 0 Å². The molecule has 4 aromatic rings. The van der Waals surface area contributed by atoms with Crippen LogP contribution in [0.4, 0.5) is 11.4 Å². The molecule has 0 bridgehead atoms. The fourth-order valence-electron chi connectivity index (χ4n) is 4.18. The summed E-state index contributed by atoms with van der Waals surface area (Å²) in [6.45, 7) is 0.595. The number of H-pyrrole nitrogens is 1. The van der Waals surface area contributed by atoms with E-state index in [2.05, 4.69) is 30.7 Å². The Morgan fingerprint density at radius 3 is 2.13 bits per heavy atom. The zero-order valence-corrected chi connectivity index (χ0v) is 21.5. The molecule has 12 nitrogen and oxygen atoms in total. The van der Waals surface area contributed by atoms with Crippen molar-refractivity contribution in [3.05, 3.63) is 55.2 Å². The summed E-state index contributed by atoms with van der Waals surface area (Å²) in [7, 11) is 0. The van der Waals surface area contributed by atoms with Crippen molar-refractivity contribution < 1.29 is 19.6 Å². The number of carbonyl (C=O) groups excluding carboxylic acids is 3. The Morgan fingerprint density at radius 1 is 0.821 bits per heavy atom. The number of hydroxylamine groups is 1. The Bertz CT molecular complexity index is 1400. The van der Waals surface area contributed by atoms with Crippen molar-refractivity contribution in [2.75, 3.05) is 10.6 Å². The average molecular weight is 533 g/mol. The monoisotopic (exact) mass is 532 g/mol. The molecule has 0 aliphatic carbocycles. The number of aromatic amines is 1. The lowest BCUT2D eigenvalue weighted by Crippen LogP contribution is -2.17. The van der Waals surface area contributed by atoms with Gasteiger partial charge in [0.2, 0.25) is 17.7 Å². The number of hydrogen-bond donors (Lipinski definition) is 5. The number of amides is 3. The van der Waals surface area contributed by atoms with Gasteiger partial charge in [-0.25, -0.2) is 15.4 Å². The van der Waals surface area contributed by atoms with Crippen molar-refractivity contribution in [1.82, 2.24) is 30.2 Å². The Hall–Kier alpha value is -4.58. The number of unbranched alkanes of at least 4 members (excludes halogenated alkanes) is 3. The van der Waals surface area contributed by atoms with E-state index in [0.29, 0.717) is 43.6 Å². The average Bonchev–Trinajstić information content (AvgIpc) is 3.61. The molecule has 39 heavy (non-hydrogen) atoms. The summed E-state index contributed by atoms with van der Waals surface area (Å²) in [4.78, 5) is 47.1. The van der Waals surface area contributed by atoms with E-state index in [1.54, 1.807) is 40.6 Å². The zero-order chi connectivity index (χ0) is 27.5. The highest BCUT2D eigenvalue weighted by Crippen LogP contribution is 2.24. The number of nitrogens with zero attached hydrogens (tertiary/aromatic N) is 4. The fourth-order valence-corrected chi connectivity index (χ4v) is 4.18. The Morgan fingerprint density at radius 2 is 1.46 bits per heavy atom. The minimum atomic E-state index is -0.394. The van der Waals surface area contributed by atoms with Crippen LogP contribution < -0.4 is 16.1 Å². The molecule has 0 saturated carbocycles. The molecular formula is C27H32N8O4. The highest BCUT2D eigenvalue weighted by atomic mass is 16.5. The molecule has 12 heteroatoms. The van der Waals surface area contributed by atoms with Gasteiger partial charge >= 0.3 is 0 Å². The van der Waals surface area contributed by atoms with Gasteiger partial charge in [0.15, 0.2) is 0 Å². The molecule has 0 atom stereocenters. The number of hydrogen-bond acceptors (Lipinski definition) is 7. The summed E-state index contributed by atoms with van der Waals surface area (Å²) in [5.41, 5.74) is 5.40. The number of rotatable bonds is 14.